The van der Waals surface area contributed by atoms with Crippen LogP contribution in [0.1, 0.15) is 27.2 Å². The Kier molecular flexibility index (Phi) is 2.06. The molecule has 2 saturated heterocycles. The van der Waals surface area contributed by atoms with Gasteiger partial charge >= 0.3 is 11.9 Å². The molecule has 7 aliphatic rings. The highest BCUT2D eigenvalue weighted by Crippen LogP contribution is 2.90. The van der Waals surface area contributed by atoms with Gasteiger partial charge in [-0.25, -0.2) is 4.90 Å². The Labute approximate surface area is 144 Å². The van der Waals surface area contributed by atoms with Gasteiger partial charge in [0, 0.05) is 44.4 Å². The van der Waals surface area contributed by atoms with Crippen LogP contribution >= 0.6 is 0 Å². The number of carbonyl (C=O) groups is 4. The van der Waals surface area contributed by atoms with Gasteiger partial charge in [0.1, 0.15) is 0 Å². The molecule has 2 amide bonds. The molecule has 10 unspecified atom stereocenters. The molecule has 7 fully saturated rings. The number of piperidine rings is 2. The summed E-state index contributed by atoms with van der Waals surface area (Å²) in [6.07, 6.45) is 0.989. The van der Waals surface area contributed by atoms with E-state index >= 15 is 0 Å². The highest BCUT2D eigenvalue weighted by molar-refractivity contribution is 6.04. The topological polar surface area (TPSA) is 90.0 Å². The summed E-state index contributed by atoms with van der Waals surface area (Å²) in [6.45, 7) is 3.98. The minimum Gasteiger partial charge on any atom is -0.448 e. The largest absolute Gasteiger partial charge is 0.448 e. The summed E-state index contributed by atoms with van der Waals surface area (Å²) < 4.78 is 11.6. The van der Waals surface area contributed by atoms with Crippen molar-refractivity contribution < 1.29 is 28.7 Å². The van der Waals surface area contributed by atoms with Crippen molar-refractivity contribution in [3.8, 4) is 0 Å². The number of hydrogen-bond acceptors (Lipinski definition) is 6. The maximum atomic E-state index is 13.5. The molecule has 2 aliphatic heterocycles. The smallest absolute Gasteiger partial charge is 0.304 e. The third-order valence-electron chi connectivity index (χ3n) is 8.27. The molecule has 5 aliphatic carbocycles. The number of rotatable bonds is 2. The summed E-state index contributed by atoms with van der Waals surface area (Å²) in [7, 11) is 0. The van der Waals surface area contributed by atoms with Crippen LogP contribution in [0.15, 0.2) is 0 Å². The molecule has 25 heavy (non-hydrogen) atoms. The van der Waals surface area contributed by atoms with E-state index in [-0.39, 0.29) is 23.7 Å². The third kappa shape index (κ3) is 1.05. The lowest BCUT2D eigenvalue weighted by Crippen LogP contribution is -2.83. The number of carbonyl (C=O) groups excluding carboxylic acids is 4. The van der Waals surface area contributed by atoms with Gasteiger partial charge in [-0.2, -0.15) is 0 Å². The molecule has 7 nitrogen and oxygen atoms in total. The Morgan fingerprint density at radius 3 is 2.12 bits per heavy atom. The van der Waals surface area contributed by atoms with Crippen molar-refractivity contribution in [3.63, 3.8) is 0 Å². The number of imide groups is 1. The summed E-state index contributed by atoms with van der Waals surface area (Å²) in [6, 6.07) is 0. The summed E-state index contributed by atoms with van der Waals surface area (Å²) in [4.78, 5) is 50.9. The van der Waals surface area contributed by atoms with Gasteiger partial charge in [0.05, 0.1) is 0 Å². The SMILES string of the molecule is CC(=O)OC12C(=O)N(C(C)=O)C3(OC(C)=O)C4C5CC(C6C5C3C61)C42. The normalized spacial score (nSPS) is 57.2. The van der Waals surface area contributed by atoms with Crippen LogP contribution in [-0.2, 0) is 28.7 Å². The number of fused-ring (bicyclic) bond motifs is 1. The van der Waals surface area contributed by atoms with E-state index in [1.807, 2.05) is 0 Å². The molecule has 132 valence electrons. The number of hydrogen-bond donors (Lipinski definition) is 0. The standard InChI is InChI=1S/C18H19NO6/c1-5(20)19-16(23)17(24-6(2)21)12-8-4-9-11-10(8)14(17)15(11)18(19,13(9)12)25-7(3)22/h8-15H,4H2,1-3H3. The molecule has 5 saturated carbocycles. The van der Waals surface area contributed by atoms with Crippen LogP contribution < -0.4 is 0 Å². The lowest BCUT2D eigenvalue weighted by atomic mass is 9.50. The molecule has 7 rings (SSSR count). The van der Waals surface area contributed by atoms with Gasteiger partial charge in [0.2, 0.25) is 11.6 Å². The predicted molar refractivity (Wildman–Crippen MR) is 79.1 cm³/mol. The van der Waals surface area contributed by atoms with Crippen LogP contribution in [0.3, 0.4) is 0 Å². The molecule has 0 aromatic heterocycles. The molecule has 0 aromatic rings. The number of amides is 2. The monoisotopic (exact) mass is 345 g/mol. The van der Waals surface area contributed by atoms with E-state index in [9.17, 15) is 19.2 Å². The van der Waals surface area contributed by atoms with Crippen molar-refractivity contribution in [2.45, 2.75) is 38.5 Å². The van der Waals surface area contributed by atoms with E-state index in [0.29, 0.717) is 23.7 Å². The second kappa shape index (κ2) is 3.62. The lowest BCUT2D eigenvalue weighted by molar-refractivity contribution is -0.302. The summed E-state index contributed by atoms with van der Waals surface area (Å²) in [5, 5.41) is 0. The van der Waals surface area contributed by atoms with Crippen LogP contribution in [0.5, 0.6) is 0 Å². The number of esters is 2. The Bertz CT molecular complexity index is 807. The van der Waals surface area contributed by atoms with E-state index in [1.165, 1.54) is 20.8 Å². The van der Waals surface area contributed by atoms with Crippen molar-refractivity contribution in [2.75, 3.05) is 0 Å². The first-order valence-corrected chi connectivity index (χ1v) is 9.03. The zero-order chi connectivity index (χ0) is 17.6. The van der Waals surface area contributed by atoms with Crippen molar-refractivity contribution in [1.29, 1.82) is 0 Å². The van der Waals surface area contributed by atoms with Gasteiger partial charge in [-0.05, 0) is 30.1 Å². The van der Waals surface area contributed by atoms with Crippen molar-refractivity contribution in [1.82, 2.24) is 4.90 Å². The third-order valence-corrected chi connectivity index (χ3v) is 8.27. The van der Waals surface area contributed by atoms with E-state index in [1.54, 1.807) is 0 Å². The van der Waals surface area contributed by atoms with Gasteiger partial charge in [-0.15, -0.1) is 0 Å². The molecule has 7 heteroatoms. The number of ether oxygens (including phenoxy) is 2. The molecule has 0 aromatic carbocycles. The molecule has 0 radical (unpaired) electrons. The molecular formula is C18H19NO6. The van der Waals surface area contributed by atoms with Crippen molar-refractivity contribution in [2.24, 2.45) is 47.3 Å². The fraction of sp³-hybridized carbons (Fsp3) is 0.778. The van der Waals surface area contributed by atoms with E-state index in [4.69, 9.17) is 9.47 Å². The van der Waals surface area contributed by atoms with E-state index in [2.05, 4.69) is 0 Å². The minimum atomic E-state index is -1.22. The molecular weight excluding hydrogens is 326 g/mol. The van der Waals surface area contributed by atoms with Gasteiger partial charge in [0.15, 0.2) is 5.60 Å². The Morgan fingerprint density at radius 2 is 1.52 bits per heavy atom. The molecule has 4 bridgehead atoms. The van der Waals surface area contributed by atoms with Crippen LogP contribution in [0, 0.1) is 47.3 Å². The zero-order valence-corrected chi connectivity index (χ0v) is 14.2. The zero-order valence-electron chi connectivity index (χ0n) is 14.2. The Hall–Kier alpha value is -1.92. The Morgan fingerprint density at radius 1 is 0.920 bits per heavy atom. The second-order valence-corrected chi connectivity index (χ2v) is 8.71. The molecule has 0 spiro atoms. The quantitative estimate of drug-likeness (QED) is 0.670. The molecule has 0 N–H and O–H groups in total. The highest BCUT2D eigenvalue weighted by Gasteiger charge is 2.99. The average Bonchev–Trinajstić information content (AvgIpc) is 2.97. The van der Waals surface area contributed by atoms with Gasteiger partial charge in [-0.3, -0.25) is 19.2 Å². The molecule has 10 atom stereocenters. The van der Waals surface area contributed by atoms with Crippen LogP contribution in [0.4, 0.5) is 0 Å². The lowest BCUT2D eigenvalue weighted by Gasteiger charge is -2.65. The van der Waals surface area contributed by atoms with Crippen molar-refractivity contribution in [3.05, 3.63) is 0 Å². The first-order chi connectivity index (χ1) is 11.8. The van der Waals surface area contributed by atoms with Gasteiger partial charge in [0.25, 0.3) is 5.91 Å². The summed E-state index contributed by atoms with van der Waals surface area (Å²) in [5.41, 5.74) is -2.37. The van der Waals surface area contributed by atoms with Gasteiger partial charge in [-0.1, -0.05) is 0 Å². The first kappa shape index (κ1) is 14.3. The Balaban J connectivity index is 1.63. The summed E-state index contributed by atoms with van der Waals surface area (Å²) in [5.74, 6) is -0.806. The van der Waals surface area contributed by atoms with Crippen molar-refractivity contribution >= 4 is 23.8 Å². The fourth-order valence-corrected chi connectivity index (χ4v) is 8.66. The van der Waals surface area contributed by atoms with Gasteiger partial charge < -0.3 is 9.47 Å². The second-order valence-electron chi connectivity index (χ2n) is 8.71. The minimum absolute atomic E-state index is 0.0823. The van der Waals surface area contributed by atoms with E-state index in [0.717, 1.165) is 11.3 Å². The van der Waals surface area contributed by atoms with E-state index < -0.39 is 35.1 Å². The van der Waals surface area contributed by atoms with Crippen LogP contribution in [0.25, 0.3) is 0 Å². The van der Waals surface area contributed by atoms with Crippen LogP contribution in [-0.4, -0.2) is 40.0 Å². The number of nitrogens with zero attached hydrogens (tertiary/aromatic N) is 1. The average molecular weight is 345 g/mol. The van der Waals surface area contributed by atoms with Crippen LogP contribution in [0.2, 0.25) is 0 Å². The predicted octanol–water partition coefficient (Wildman–Crippen LogP) is 0.324. The maximum absolute atomic E-state index is 13.5. The maximum Gasteiger partial charge on any atom is 0.304 e. The first-order valence-electron chi connectivity index (χ1n) is 9.03. The molecule has 2 heterocycles. The fourth-order valence-electron chi connectivity index (χ4n) is 8.66. The highest BCUT2D eigenvalue weighted by atomic mass is 16.6. The summed E-state index contributed by atoms with van der Waals surface area (Å²) >= 11 is 0.